The Balaban J connectivity index is 2.03. The predicted octanol–water partition coefficient (Wildman–Crippen LogP) is 3.07. The maximum Gasteiger partial charge on any atom is 0.271 e. The Morgan fingerprint density at radius 2 is 1.85 bits per heavy atom. The Bertz CT molecular complexity index is 967. The molecule has 0 bridgehead atoms. The number of anilines is 2. The standard InChI is InChI=1S/C19H22N2O4S/c1-13-7-5-6-8-14(13)12-21-16-10-9-15(20-26(4,23)24)11-17(16)25-19(2,3)18(21)22/h5-11,20H,12H2,1-4H3. The minimum atomic E-state index is -3.40. The second-order valence-corrected chi connectivity index (χ2v) is 8.74. The highest BCUT2D eigenvalue weighted by molar-refractivity contribution is 7.92. The molecule has 1 aliphatic rings. The summed E-state index contributed by atoms with van der Waals surface area (Å²) >= 11 is 0. The highest BCUT2D eigenvalue weighted by Gasteiger charge is 2.41. The van der Waals surface area contributed by atoms with Crippen LogP contribution in [0.15, 0.2) is 42.5 Å². The van der Waals surface area contributed by atoms with E-state index < -0.39 is 15.6 Å². The van der Waals surface area contributed by atoms with Crippen molar-refractivity contribution in [1.82, 2.24) is 0 Å². The SMILES string of the molecule is Cc1ccccc1CN1C(=O)C(C)(C)Oc2cc(NS(C)(=O)=O)ccc21. The monoisotopic (exact) mass is 374 g/mol. The lowest BCUT2D eigenvalue weighted by Crippen LogP contribution is -2.52. The summed E-state index contributed by atoms with van der Waals surface area (Å²) in [6.45, 7) is 5.84. The van der Waals surface area contributed by atoms with Crippen LogP contribution >= 0.6 is 0 Å². The Labute approximate surface area is 153 Å². The lowest BCUT2D eigenvalue weighted by Gasteiger charge is -2.39. The first-order valence-corrected chi connectivity index (χ1v) is 10.1. The van der Waals surface area contributed by atoms with Gasteiger partial charge < -0.3 is 9.64 Å². The Kier molecular flexibility index (Phi) is 4.44. The zero-order chi connectivity index (χ0) is 19.1. The molecule has 26 heavy (non-hydrogen) atoms. The topological polar surface area (TPSA) is 75.7 Å². The zero-order valence-electron chi connectivity index (χ0n) is 15.2. The van der Waals surface area contributed by atoms with Crippen molar-refractivity contribution in [2.24, 2.45) is 0 Å². The van der Waals surface area contributed by atoms with E-state index in [1.165, 1.54) is 0 Å². The molecule has 0 unspecified atom stereocenters. The van der Waals surface area contributed by atoms with Gasteiger partial charge in [0.2, 0.25) is 10.0 Å². The number of nitrogens with one attached hydrogen (secondary N) is 1. The lowest BCUT2D eigenvalue weighted by atomic mass is 10.0. The first-order valence-electron chi connectivity index (χ1n) is 8.24. The molecule has 0 aromatic heterocycles. The molecule has 138 valence electrons. The second kappa shape index (κ2) is 6.32. The van der Waals surface area contributed by atoms with Crippen LogP contribution in [0.5, 0.6) is 5.75 Å². The molecule has 0 atom stereocenters. The number of ether oxygens (including phenoxy) is 1. The third-order valence-electron chi connectivity index (χ3n) is 4.27. The van der Waals surface area contributed by atoms with Crippen LogP contribution in [-0.2, 0) is 21.4 Å². The van der Waals surface area contributed by atoms with E-state index in [2.05, 4.69) is 4.72 Å². The van der Waals surface area contributed by atoms with Crippen LogP contribution in [0.3, 0.4) is 0 Å². The summed E-state index contributed by atoms with van der Waals surface area (Å²) in [6.07, 6.45) is 1.09. The highest BCUT2D eigenvalue weighted by atomic mass is 32.2. The first kappa shape index (κ1) is 18.3. The fraction of sp³-hybridized carbons (Fsp3) is 0.316. The smallest absolute Gasteiger partial charge is 0.271 e. The van der Waals surface area contributed by atoms with Crippen LogP contribution in [0, 0.1) is 6.92 Å². The summed E-state index contributed by atoms with van der Waals surface area (Å²) in [5.74, 6) is 0.328. The predicted molar refractivity (Wildman–Crippen MR) is 102 cm³/mol. The molecule has 1 N–H and O–H groups in total. The van der Waals surface area contributed by atoms with Gasteiger partial charge in [0.15, 0.2) is 5.60 Å². The largest absolute Gasteiger partial charge is 0.476 e. The Morgan fingerprint density at radius 3 is 2.50 bits per heavy atom. The Hall–Kier alpha value is -2.54. The maximum absolute atomic E-state index is 12.9. The van der Waals surface area contributed by atoms with Crippen molar-refractivity contribution in [2.45, 2.75) is 32.9 Å². The van der Waals surface area contributed by atoms with Crippen LogP contribution in [0.2, 0.25) is 0 Å². The molecule has 1 heterocycles. The number of hydrogen-bond donors (Lipinski definition) is 1. The molecule has 6 nitrogen and oxygen atoms in total. The fourth-order valence-corrected chi connectivity index (χ4v) is 3.52. The number of sulfonamides is 1. The van der Waals surface area contributed by atoms with E-state index in [1.54, 1.807) is 36.9 Å². The van der Waals surface area contributed by atoms with Crippen molar-refractivity contribution in [2.75, 3.05) is 15.9 Å². The van der Waals surface area contributed by atoms with Gasteiger partial charge in [-0.1, -0.05) is 24.3 Å². The van der Waals surface area contributed by atoms with Gasteiger partial charge in [-0.25, -0.2) is 8.42 Å². The normalized spacial score (nSPS) is 16.0. The summed E-state index contributed by atoms with van der Waals surface area (Å²) in [5, 5.41) is 0. The molecule has 0 spiro atoms. The van der Waals surface area contributed by atoms with Gasteiger partial charge in [-0.3, -0.25) is 9.52 Å². The number of rotatable bonds is 4. The quantitative estimate of drug-likeness (QED) is 0.892. The van der Waals surface area contributed by atoms with E-state index in [0.29, 0.717) is 23.7 Å². The van der Waals surface area contributed by atoms with E-state index in [-0.39, 0.29) is 5.91 Å². The number of carbonyl (C=O) groups excluding carboxylic acids is 1. The van der Waals surface area contributed by atoms with Crippen LogP contribution in [0.1, 0.15) is 25.0 Å². The molecule has 7 heteroatoms. The Morgan fingerprint density at radius 1 is 1.15 bits per heavy atom. The molecule has 1 amide bonds. The summed E-state index contributed by atoms with van der Waals surface area (Å²) in [4.78, 5) is 14.6. The number of aryl methyl sites for hydroxylation is 1. The molecule has 0 aliphatic carbocycles. The van der Waals surface area contributed by atoms with E-state index in [9.17, 15) is 13.2 Å². The molecular weight excluding hydrogens is 352 g/mol. The number of nitrogens with zero attached hydrogens (tertiary/aromatic N) is 1. The van der Waals surface area contributed by atoms with Crippen molar-refractivity contribution >= 4 is 27.3 Å². The van der Waals surface area contributed by atoms with Crippen molar-refractivity contribution < 1.29 is 17.9 Å². The van der Waals surface area contributed by atoms with Crippen molar-refractivity contribution in [3.05, 3.63) is 53.6 Å². The van der Waals surface area contributed by atoms with Gasteiger partial charge in [0, 0.05) is 6.07 Å². The van der Waals surface area contributed by atoms with Crippen LogP contribution in [-0.4, -0.2) is 26.2 Å². The van der Waals surface area contributed by atoms with Gasteiger partial charge in [-0.15, -0.1) is 0 Å². The molecule has 2 aromatic rings. The van der Waals surface area contributed by atoms with Crippen LogP contribution in [0.4, 0.5) is 11.4 Å². The molecular formula is C19H22N2O4S. The molecule has 0 saturated carbocycles. The highest BCUT2D eigenvalue weighted by Crippen LogP contribution is 2.40. The molecule has 1 aliphatic heterocycles. The number of carbonyl (C=O) groups is 1. The fourth-order valence-electron chi connectivity index (χ4n) is 2.96. The number of benzene rings is 2. The van der Waals surface area contributed by atoms with Crippen LogP contribution in [0.25, 0.3) is 0 Å². The lowest BCUT2D eigenvalue weighted by molar-refractivity contribution is -0.132. The minimum Gasteiger partial charge on any atom is -0.476 e. The van der Waals surface area contributed by atoms with E-state index in [0.717, 1.165) is 17.4 Å². The zero-order valence-corrected chi connectivity index (χ0v) is 16.1. The summed E-state index contributed by atoms with van der Waals surface area (Å²) < 4.78 is 31.2. The van der Waals surface area contributed by atoms with Crippen molar-refractivity contribution in [3.63, 3.8) is 0 Å². The van der Waals surface area contributed by atoms with E-state index in [4.69, 9.17) is 4.74 Å². The molecule has 0 fully saturated rings. The summed E-state index contributed by atoms with van der Waals surface area (Å²) in [5.41, 5.74) is 2.12. The van der Waals surface area contributed by atoms with Gasteiger partial charge in [0.25, 0.3) is 5.91 Å². The number of amides is 1. The number of hydrogen-bond acceptors (Lipinski definition) is 4. The molecule has 3 rings (SSSR count). The average Bonchev–Trinajstić information content (AvgIpc) is 2.51. The first-order chi connectivity index (χ1) is 12.1. The van der Waals surface area contributed by atoms with E-state index in [1.807, 2.05) is 31.2 Å². The van der Waals surface area contributed by atoms with Gasteiger partial charge >= 0.3 is 0 Å². The third kappa shape index (κ3) is 3.67. The second-order valence-electron chi connectivity index (χ2n) is 6.99. The maximum atomic E-state index is 12.9. The van der Waals surface area contributed by atoms with Crippen molar-refractivity contribution in [3.8, 4) is 5.75 Å². The van der Waals surface area contributed by atoms with Gasteiger partial charge in [-0.05, 0) is 44.0 Å². The number of fused-ring (bicyclic) bond motifs is 1. The van der Waals surface area contributed by atoms with Crippen LogP contribution < -0.4 is 14.4 Å². The van der Waals surface area contributed by atoms with Gasteiger partial charge in [0.05, 0.1) is 24.2 Å². The molecule has 0 saturated heterocycles. The van der Waals surface area contributed by atoms with Gasteiger partial charge in [0.1, 0.15) is 5.75 Å². The minimum absolute atomic E-state index is 0.142. The van der Waals surface area contributed by atoms with Gasteiger partial charge in [-0.2, -0.15) is 0 Å². The average molecular weight is 374 g/mol. The summed E-state index contributed by atoms with van der Waals surface area (Å²) in [6, 6.07) is 12.8. The third-order valence-corrected chi connectivity index (χ3v) is 4.88. The summed E-state index contributed by atoms with van der Waals surface area (Å²) in [7, 11) is -3.40. The van der Waals surface area contributed by atoms with E-state index >= 15 is 0 Å². The molecule has 0 radical (unpaired) electrons. The molecule has 2 aromatic carbocycles. The van der Waals surface area contributed by atoms with Crippen molar-refractivity contribution in [1.29, 1.82) is 0 Å².